The minimum absolute atomic E-state index is 0.0458. The molecule has 0 radical (unpaired) electrons. The number of rotatable bonds is 7. The number of nitro groups is 1. The van der Waals surface area contributed by atoms with Gasteiger partial charge in [0.2, 0.25) is 0 Å². The van der Waals surface area contributed by atoms with Gasteiger partial charge in [-0.3, -0.25) is 10.1 Å². The van der Waals surface area contributed by atoms with E-state index in [1.165, 1.54) is 12.1 Å². The van der Waals surface area contributed by atoms with Crippen LogP contribution in [-0.4, -0.2) is 31.4 Å². The molecule has 1 aromatic rings. The molecule has 106 valence electrons. The minimum Gasteiger partial charge on any atom is -0.309 e. The summed E-state index contributed by atoms with van der Waals surface area (Å²) in [4.78, 5) is 10.1. The summed E-state index contributed by atoms with van der Waals surface area (Å²) in [5.74, 6) is 0.238. The standard InChI is InChI=1S/C12H18N2O4S/c1-3-19(17,18)9-8-13-10(2)11-4-6-12(7-5-11)14(15)16/h4-7,10,13H,3,8-9H2,1-2H3. The van der Waals surface area contributed by atoms with Crippen LogP contribution in [0.2, 0.25) is 0 Å². The third-order valence-electron chi connectivity index (χ3n) is 2.91. The van der Waals surface area contributed by atoms with Crippen LogP contribution in [0.4, 0.5) is 5.69 Å². The third kappa shape index (κ3) is 4.96. The van der Waals surface area contributed by atoms with Gasteiger partial charge in [-0.05, 0) is 12.5 Å². The average Bonchev–Trinajstić information content (AvgIpc) is 2.38. The first kappa shape index (κ1) is 15.6. The van der Waals surface area contributed by atoms with E-state index in [4.69, 9.17) is 0 Å². The molecule has 6 nitrogen and oxygen atoms in total. The number of benzene rings is 1. The fourth-order valence-corrected chi connectivity index (χ4v) is 2.30. The van der Waals surface area contributed by atoms with Crippen molar-refractivity contribution in [3.8, 4) is 0 Å². The Kier molecular flexibility index (Phi) is 5.44. The van der Waals surface area contributed by atoms with E-state index in [1.54, 1.807) is 19.1 Å². The van der Waals surface area contributed by atoms with Gasteiger partial charge in [0, 0.05) is 30.5 Å². The molecule has 0 spiro atoms. The fourth-order valence-electron chi connectivity index (χ4n) is 1.58. The lowest BCUT2D eigenvalue weighted by molar-refractivity contribution is -0.384. The Hall–Kier alpha value is -1.47. The Morgan fingerprint density at radius 3 is 2.37 bits per heavy atom. The fraction of sp³-hybridized carbons (Fsp3) is 0.500. The van der Waals surface area contributed by atoms with Crippen molar-refractivity contribution in [2.24, 2.45) is 0 Å². The van der Waals surface area contributed by atoms with E-state index in [2.05, 4.69) is 5.32 Å². The molecule has 1 atom stereocenters. The number of sulfone groups is 1. The van der Waals surface area contributed by atoms with Gasteiger partial charge in [0.1, 0.15) is 0 Å². The number of hydrogen-bond acceptors (Lipinski definition) is 5. The summed E-state index contributed by atoms with van der Waals surface area (Å²) >= 11 is 0. The largest absolute Gasteiger partial charge is 0.309 e. The molecule has 0 aliphatic rings. The maximum atomic E-state index is 11.3. The van der Waals surface area contributed by atoms with Crippen molar-refractivity contribution in [1.29, 1.82) is 0 Å². The van der Waals surface area contributed by atoms with Gasteiger partial charge in [0.05, 0.1) is 10.7 Å². The van der Waals surface area contributed by atoms with Crippen LogP contribution in [0.1, 0.15) is 25.5 Å². The zero-order valence-electron chi connectivity index (χ0n) is 11.0. The highest BCUT2D eigenvalue weighted by Gasteiger charge is 2.11. The normalized spacial score (nSPS) is 13.2. The molecule has 0 saturated carbocycles. The molecule has 19 heavy (non-hydrogen) atoms. The highest BCUT2D eigenvalue weighted by atomic mass is 32.2. The van der Waals surface area contributed by atoms with E-state index >= 15 is 0 Å². The van der Waals surface area contributed by atoms with Crippen LogP contribution in [0.5, 0.6) is 0 Å². The summed E-state index contributed by atoms with van der Waals surface area (Å²) in [7, 11) is -2.97. The minimum atomic E-state index is -2.97. The van der Waals surface area contributed by atoms with Crippen LogP contribution in [-0.2, 0) is 9.84 Å². The van der Waals surface area contributed by atoms with Crippen LogP contribution in [0, 0.1) is 10.1 Å². The molecule has 0 aromatic heterocycles. The number of nitrogens with one attached hydrogen (secondary N) is 1. The lowest BCUT2D eigenvalue weighted by Crippen LogP contribution is -2.26. The van der Waals surface area contributed by atoms with Crippen LogP contribution in [0.3, 0.4) is 0 Å². The summed E-state index contributed by atoms with van der Waals surface area (Å²) in [5, 5.41) is 13.6. The van der Waals surface area contributed by atoms with Crippen molar-refractivity contribution in [1.82, 2.24) is 5.32 Å². The molecule has 1 aromatic carbocycles. The molecule has 7 heteroatoms. The molecule has 0 fully saturated rings. The van der Waals surface area contributed by atoms with E-state index in [-0.39, 0.29) is 23.2 Å². The maximum absolute atomic E-state index is 11.3. The maximum Gasteiger partial charge on any atom is 0.269 e. The van der Waals surface area contributed by atoms with Gasteiger partial charge in [-0.1, -0.05) is 19.1 Å². The number of hydrogen-bond donors (Lipinski definition) is 1. The topological polar surface area (TPSA) is 89.3 Å². The van der Waals surface area contributed by atoms with Gasteiger partial charge in [-0.2, -0.15) is 0 Å². The van der Waals surface area contributed by atoms with Crippen molar-refractivity contribution in [3.05, 3.63) is 39.9 Å². The third-order valence-corrected chi connectivity index (χ3v) is 4.61. The molecule has 1 unspecified atom stereocenters. The molecule has 0 heterocycles. The van der Waals surface area contributed by atoms with Crippen molar-refractivity contribution >= 4 is 15.5 Å². The summed E-state index contributed by atoms with van der Waals surface area (Å²) < 4.78 is 22.6. The van der Waals surface area contributed by atoms with Crippen LogP contribution < -0.4 is 5.32 Å². The first-order chi connectivity index (χ1) is 8.85. The Morgan fingerprint density at radius 1 is 1.32 bits per heavy atom. The predicted octanol–water partition coefficient (Wildman–Crippen LogP) is 1.68. The average molecular weight is 286 g/mol. The summed E-state index contributed by atoms with van der Waals surface area (Å²) in [5.41, 5.74) is 0.934. The molecule has 0 saturated heterocycles. The van der Waals surface area contributed by atoms with Crippen molar-refractivity contribution in [2.75, 3.05) is 18.1 Å². The smallest absolute Gasteiger partial charge is 0.269 e. The summed E-state index contributed by atoms with van der Waals surface area (Å²) in [6.45, 7) is 3.88. The lowest BCUT2D eigenvalue weighted by Gasteiger charge is -2.13. The Bertz CT molecular complexity index is 525. The van der Waals surface area contributed by atoms with Crippen LogP contribution in [0.15, 0.2) is 24.3 Å². The van der Waals surface area contributed by atoms with Crippen LogP contribution in [0.25, 0.3) is 0 Å². The second-order valence-corrected chi connectivity index (χ2v) is 6.73. The van der Waals surface area contributed by atoms with E-state index in [0.717, 1.165) is 5.56 Å². The van der Waals surface area contributed by atoms with Gasteiger partial charge in [-0.25, -0.2) is 8.42 Å². The Balaban J connectivity index is 2.54. The van der Waals surface area contributed by atoms with Crippen LogP contribution >= 0.6 is 0 Å². The number of non-ortho nitro benzene ring substituents is 1. The van der Waals surface area contributed by atoms with E-state index in [1.807, 2.05) is 6.92 Å². The zero-order chi connectivity index (χ0) is 14.5. The van der Waals surface area contributed by atoms with Gasteiger partial charge < -0.3 is 5.32 Å². The lowest BCUT2D eigenvalue weighted by atomic mass is 10.1. The van der Waals surface area contributed by atoms with E-state index in [9.17, 15) is 18.5 Å². The Labute approximate surface area is 112 Å². The molecule has 0 aliphatic heterocycles. The first-order valence-electron chi connectivity index (χ1n) is 6.04. The van der Waals surface area contributed by atoms with Gasteiger partial charge in [0.15, 0.2) is 9.84 Å². The summed E-state index contributed by atoms with van der Waals surface area (Å²) in [6, 6.07) is 6.17. The van der Waals surface area contributed by atoms with Gasteiger partial charge in [-0.15, -0.1) is 0 Å². The second-order valence-electron chi connectivity index (χ2n) is 4.26. The van der Waals surface area contributed by atoms with E-state index < -0.39 is 14.8 Å². The molecule has 0 amide bonds. The number of nitrogens with zero attached hydrogens (tertiary/aromatic N) is 1. The van der Waals surface area contributed by atoms with E-state index in [0.29, 0.717) is 6.54 Å². The second kappa shape index (κ2) is 6.63. The molecular formula is C12H18N2O4S. The highest BCUT2D eigenvalue weighted by molar-refractivity contribution is 7.91. The summed E-state index contributed by atoms with van der Waals surface area (Å²) in [6.07, 6.45) is 0. The quantitative estimate of drug-likeness (QED) is 0.608. The van der Waals surface area contributed by atoms with Gasteiger partial charge >= 0.3 is 0 Å². The molecule has 1 rings (SSSR count). The van der Waals surface area contributed by atoms with Gasteiger partial charge in [0.25, 0.3) is 5.69 Å². The first-order valence-corrected chi connectivity index (χ1v) is 7.86. The molecule has 1 N–H and O–H groups in total. The SMILES string of the molecule is CCS(=O)(=O)CCNC(C)c1ccc([N+](=O)[O-])cc1. The highest BCUT2D eigenvalue weighted by Crippen LogP contribution is 2.17. The molecular weight excluding hydrogens is 268 g/mol. The van der Waals surface area contributed by atoms with Crippen molar-refractivity contribution < 1.29 is 13.3 Å². The monoisotopic (exact) mass is 286 g/mol. The Morgan fingerprint density at radius 2 is 1.89 bits per heavy atom. The zero-order valence-corrected chi connectivity index (χ0v) is 11.8. The predicted molar refractivity (Wildman–Crippen MR) is 73.8 cm³/mol. The number of nitro benzene ring substituents is 1. The van der Waals surface area contributed by atoms with Crippen molar-refractivity contribution in [2.45, 2.75) is 19.9 Å². The molecule has 0 aliphatic carbocycles. The van der Waals surface area contributed by atoms with Crippen molar-refractivity contribution in [3.63, 3.8) is 0 Å². The molecule has 0 bridgehead atoms.